The van der Waals surface area contributed by atoms with Crippen molar-refractivity contribution in [1.82, 2.24) is 5.32 Å². The summed E-state index contributed by atoms with van der Waals surface area (Å²) in [5.74, 6) is -1.76. The predicted molar refractivity (Wildman–Crippen MR) is 131 cm³/mol. The number of carboxylic acid groups (broad SMARTS) is 1. The van der Waals surface area contributed by atoms with Gasteiger partial charge in [-0.2, -0.15) is 0 Å². The third-order valence-corrected chi connectivity index (χ3v) is 6.31. The fourth-order valence-electron chi connectivity index (χ4n) is 4.00. The van der Waals surface area contributed by atoms with E-state index in [0.29, 0.717) is 0 Å². The van der Waals surface area contributed by atoms with Crippen LogP contribution in [0.5, 0.6) is 0 Å². The minimum atomic E-state index is -1.13. The highest BCUT2D eigenvalue weighted by Crippen LogP contribution is 2.29. The van der Waals surface area contributed by atoms with Crippen LogP contribution in [0, 0.1) is 0 Å². The number of aliphatic carboxylic acids is 1. The summed E-state index contributed by atoms with van der Waals surface area (Å²) in [6.07, 6.45) is 0.131. The smallest absolute Gasteiger partial charge is 0.326 e. The lowest BCUT2D eigenvalue weighted by atomic mass is 10.0. The maximum Gasteiger partial charge on any atom is 0.326 e. The number of carbonyl (C=O) groups is 2. The number of hydrogen-bond donors (Lipinski definition) is 2. The molecule has 3 aromatic carbocycles. The largest absolute Gasteiger partial charge is 0.480 e. The van der Waals surface area contributed by atoms with Crippen LogP contribution < -0.4 is 15.1 Å². The molecule has 0 fully saturated rings. The number of rotatable bonds is 6. The molecule has 6 nitrogen and oxygen atoms in total. The van der Waals surface area contributed by atoms with Gasteiger partial charge >= 0.3 is 5.97 Å². The lowest BCUT2D eigenvalue weighted by molar-refractivity contribution is -0.139. The van der Waals surface area contributed by atoms with E-state index >= 15 is 0 Å². The van der Waals surface area contributed by atoms with Gasteiger partial charge in [-0.15, -0.1) is 0 Å². The molecule has 0 spiro atoms. The van der Waals surface area contributed by atoms with Crippen molar-refractivity contribution in [2.75, 3.05) is 23.5 Å². The fourth-order valence-corrected chi connectivity index (χ4v) is 4.57. The number of amides is 1. The summed E-state index contributed by atoms with van der Waals surface area (Å²) < 4.78 is 0. The van der Waals surface area contributed by atoms with Crippen molar-refractivity contribution in [2.45, 2.75) is 19.0 Å². The fraction of sp³-hybridized carbons (Fsp3) is 0.200. The van der Waals surface area contributed by atoms with E-state index < -0.39 is 17.9 Å². The second-order valence-corrected chi connectivity index (χ2v) is 8.81. The zero-order chi connectivity index (χ0) is 23.5. The highest BCUT2D eigenvalue weighted by molar-refractivity contribution is 6.39. The summed E-state index contributed by atoms with van der Waals surface area (Å²) in [5, 5.41) is 12.5. The number of nitrogens with zero attached hydrogens (tertiary/aromatic N) is 2. The molecule has 170 valence electrons. The van der Waals surface area contributed by atoms with Crippen LogP contribution in [0.3, 0.4) is 0 Å². The van der Waals surface area contributed by atoms with Gasteiger partial charge in [0, 0.05) is 31.4 Å². The lowest BCUT2D eigenvalue weighted by Crippen LogP contribution is -2.42. The molecule has 0 aliphatic carbocycles. The van der Waals surface area contributed by atoms with Crippen molar-refractivity contribution in [3.8, 4) is 0 Å². The van der Waals surface area contributed by atoms with Crippen LogP contribution in [0.2, 0.25) is 10.0 Å². The first-order valence-electron chi connectivity index (χ1n) is 10.4. The molecule has 1 amide bonds. The van der Waals surface area contributed by atoms with Gasteiger partial charge in [-0.1, -0.05) is 59.6 Å². The van der Waals surface area contributed by atoms with Gasteiger partial charge in [0.25, 0.3) is 5.91 Å². The first-order chi connectivity index (χ1) is 15.8. The van der Waals surface area contributed by atoms with Gasteiger partial charge < -0.3 is 20.2 Å². The maximum atomic E-state index is 12.6. The molecule has 4 rings (SSSR count). The number of anilines is 2. The van der Waals surface area contributed by atoms with Crippen molar-refractivity contribution in [3.63, 3.8) is 0 Å². The summed E-state index contributed by atoms with van der Waals surface area (Å²) in [6.45, 7) is 1.55. The van der Waals surface area contributed by atoms with Gasteiger partial charge in [0.05, 0.1) is 22.3 Å². The van der Waals surface area contributed by atoms with Crippen LogP contribution in [0.25, 0.3) is 0 Å². The standard InChI is InChI=1S/C25H23Cl2N3O3/c1-29-15-30(14-17-5-2-3-8-22(17)29)18-11-9-16(10-12-18)13-21(25(32)33)28-24(31)23-19(26)6-4-7-20(23)27/h2-12,21H,13-15H2,1H3,(H,28,31)(H,32,33)/t21-/m0/s1. The zero-order valence-corrected chi connectivity index (χ0v) is 19.5. The molecule has 0 aromatic heterocycles. The first kappa shape index (κ1) is 23.0. The van der Waals surface area contributed by atoms with E-state index in [9.17, 15) is 14.7 Å². The summed E-state index contributed by atoms with van der Waals surface area (Å²) in [6, 6.07) is 19.6. The molecule has 1 heterocycles. The average molecular weight is 484 g/mol. The Kier molecular flexibility index (Phi) is 6.77. The molecule has 33 heavy (non-hydrogen) atoms. The molecular weight excluding hydrogens is 461 g/mol. The molecule has 1 atom stereocenters. The van der Waals surface area contributed by atoms with E-state index in [1.54, 1.807) is 6.07 Å². The van der Waals surface area contributed by atoms with Crippen molar-refractivity contribution < 1.29 is 14.7 Å². The normalized spacial score (nSPS) is 13.9. The SMILES string of the molecule is CN1CN(c2ccc(C[C@H](NC(=O)c3c(Cl)cccc3Cl)C(=O)O)cc2)Cc2ccccc21. The van der Waals surface area contributed by atoms with E-state index in [4.69, 9.17) is 23.2 Å². The number of carboxylic acids is 1. The van der Waals surface area contributed by atoms with Crippen LogP contribution in [-0.2, 0) is 17.8 Å². The zero-order valence-electron chi connectivity index (χ0n) is 18.0. The molecule has 0 radical (unpaired) electrons. The molecule has 1 aliphatic heterocycles. The number of carbonyl (C=O) groups excluding carboxylic acids is 1. The van der Waals surface area contributed by atoms with Crippen LogP contribution in [0.4, 0.5) is 11.4 Å². The van der Waals surface area contributed by atoms with Crippen molar-refractivity contribution in [2.24, 2.45) is 0 Å². The quantitative estimate of drug-likeness (QED) is 0.524. The van der Waals surface area contributed by atoms with Gasteiger partial charge in [-0.25, -0.2) is 4.79 Å². The van der Waals surface area contributed by atoms with E-state index in [2.05, 4.69) is 34.3 Å². The lowest BCUT2D eigenvalue weighted by Gasteiger charge is -2.37. The molecule has 2 N–H and O–H groups in total. The average Bonchev–Trinajstić information content (AvgIpc) is 2.79. The molecule has 0 bridgehead atoms. The second-order valence-electron chi connectivity index (χ2n) is 8.00. The van der Waals surface area contributed by atoms with Crippen molar-refractivity contribution in [3.05, 3.63) is 93.5 Å². The number of para-hydroxylation sites is 1. The summed E-state index contributed by atoms with van der Waals surface area (Å²) in [4.78, 5) is 28.9. The van der Waals surface area contributed by atoms with E-state index in [1.807, 2.05) is 36.4 Å². The van der Waals surface area contributed by atoms with Crippen LogP contribution in [-0.4, -0.2) is 36.7 Å². The Hall–Kier alpha value is -3.22. The maximum absolute atomic E-state index is 12.6. The summed E-state index contributed by atoms with van der Waals surface area (Å²) in [7, 11) is 2.06. The monoisotopic (exact) mass is 483 g/mol. The van der Waals surface area contributed by atoms with Crippen LogP contribution in [0.1, 0.15) is 21.5 Å². The van der Waals surface area contributed by atoms with Gasteiger partial charge in [-0.05, 0) is 41.5 Å². The summed E-state index contributed by atoms with van der Waals surface area (Å²) >= 11 is 12.2. The Morgan fingerprint density at radius 2 is 1.67 bits per heavy atom. The molecule has 8 heteroatoms. The van der Waals surface area contributed by atoms with Crippen LogP contribution in [0.15, 0.2) is 66.7 Å². The highest BCUT2D eigenvalue weighted by Gasteiger charge is 2.24. The Morgan fingerprint density at radius 1 is 1.00 bits per heavy atom. The number of nitrogens with one attached hydrogen (secondary N) is 1. The minimum absolute atomic E-state index is 0.0666. The van der Waals surface area contributed by atoms with Gasteiger partial charge in [0.15, 0.2) is 0 Å². The summed E-state index contributed by atoms with van der Waals surface area (Å²) in [5.41, 5.74) is 4.38. The first-order valence-corrected chi connectivity index (χ1v) is 11.2. The van der Waals surface area contributed by atoms with Crippen molar-refractivity contribution >= 4 is 46.5 Å². The van der Waals surface area contributed by atoms with E-state index in [0.717, 1.165) is 24.5 Å². The van der Waals surface area contributed by atoms with Crippen molar-refractivity contribution in [1.29, 1.82) is 0 Å². The van der Waals surface area contributed by atoms with Gasteiger partial charge in [-0.3, -0.25) is 4.79 Å². The third-order valence-electron chi connectivity index (χ3n) is 5.68. The Balaban J connectivity index is 1.46. The molecule has 0 saturated heterocycles. The molecule has 0 unspecified atom stereocenters. The minimum Gasteiger partial charge on any atom is -0.480 e. The topological polar surface area (TPSA) is 72.9 Å². The molecule has 1 aliphatic rings. The third kappa shape index (κ3) is 5.07. The Morgan fingerprint density at radius 3 is 2.33 bits per heavy atom. The van der Waals surface area contributed by atoms with Gasteiger partial charge in [0.2, 0.25) is 0 Å². The highest BCUT2D eigenvalue weighted by atomic mass is 35.5. The van der Waals surface area contributed by atoms with E-state index in [-0.39, 0.29) is 22.0 Å². The number of halogens is 2. The molecular formula is C25H23Cl2N3O3. The number of fused-ring (bicyclic) bond motifs is 1. The second kappa shape index (κ2) is 9.73. The molecule has 0 saturated carbocycles. The number of benzene rings is 3. The van der Waals surface area contributed by atoms with E-state index in [1.165, 1.54) is 23.4 Å². The van der Waals surface area contributed by atoms with Crippen LogP contribution >= 0.6 is 23.2 Å². The predicted octanol–water partition coefficient (Wildman–Crippen LogP) is 4.83. The number of hydrogen-bond acceptors (Lipinski definition) is 4. The van der Waals surface area contributed by atoms with Gasteiger partial charge in [0.1, 0.15) is 6.04 Å². The Labute approximate surface area is 202 Å². The molecule has 3 aromatic rings. The Bertz CT molecular complexity index is 1160.